The van der Waals surface area contributed by atoms with Gasteiger partial charge in [-0.05, 0) is 24.6 Å². The number of benzene rings is 1. The highest BCUT2D eigenvalue weighted by atomic mass is 16.2. The first-order valence-corrected chi connectivity index (χ1v) is 8.17. The van der Waals surface area contributed by atoms with Crippen LogP contribution in [0.25, 0.3) is 0 Å². The maximum atomic E-state index is 12.4. The summed E-state index contributed by atoms with van der Waals surface area (Å²) in [5.41, 5.74) is 2.65. The number of piperazine rings is 1. The molecule has 0 radical (unpaired) electrons. The summed E-state index contributed by atoms with van der Waals surface area (Å²) in [7, 11) is 0. The molecule has 2 heterocycles. The first-order valence-electron chi connectivity index (χ1n) is 8.17. The Morgan fingerprint density at radius 3 is 2.42 bits per heavy atom. The van der Waals surface area contributed by atoms with Crippen LogP contribution in [0.3, 0.4) is 0 Å². The summed E-state index contributed by atoms with van der Waals surface area (Å²) < 4.78 is 0. The molecule has 1 saturated heterocycles. The highest BCUT2D eigenvalue weighted by Crippen LogP contribution is 2.10. The van der Waals surface area contributed by atoms with Crippen LogP contribution in [0.15, 0.2) is 48.7 Å². The monoisotopic (exact) mass is 323 g/mol. The second kappa shape index (κ2) is 7.25. The van der Waals surface area contributed by atoms with Gasteiger partial charge in [-0.25, -0.2) is 0 Å². The van der Waals surface area contributed by atoms with E-state index < -0.39 is 0 Å². The van der Waals surface area contributed by atoms with Crippen molar-refractivity contribution in [3.8, 4) is 0 Å². The molecule has 1 aromatic carbocycles. The van der Waals surface area contributed by atoms with E-state index in [2.05, 4.69) is 4.98 Å². The van der Waals surface area contributed by atoms with Gasteiger partial charge in [-0.1, -0.05) is 35.9 Å². The summed E-state index contributed by atoms with van der Waals surface area (Å²) in [5, 5.41) is 0. The molecular weight excluding hydrogens is 302 g/mol. The minimum atomic E-state index is -0.0682. The number of hydrogen-bond donors (Lipinski definition) is 0. The largest absolute Gasteiger partial charge is 0.339 e. The minimum Gasteiger partial charge on any atom is -0.339 e. The van der Waals surface area contributed by atoms with Crippen molar-refractivity contribution in [3.05, 3.63) is 65.5 Å². The van der Waals surface area contributed by atoms with Crippen molar-refractivity contribution in [1.82, 2.24) is 14.8 Å². The SMILES string of the molecule is Cc1cccc(CC(=O)N2CCN(C(=O)c3ccccn3)CC2)c1. The maximum absolute atomic E-state index is 12.4. The van der Waals surface area contributed by atoms with Crippen molar-refractivity contribution in [1.29, 1.82) is 0 Å². The summed E-state index contributed by atoms with van der Waals surface area (Å²) in [6.45, 7) is 4.27. The normalized spacial score (nSPS) is 14.5. The summed E-state index contributed by atoms with van der Waals surface area (Å²) in [6, 6.07) is 13.3. The number of aromatic nitrogens is 1. The highest BCUT2D eigenvalue weighted by molar-refractivity contribution is 5.92. The molecule has 124 valence electrons. The van der Waals surface area contributed by atoms with E-state index in [1.807, 2.05) is 42.2 Å². The molecule has 5 heteroatoms. The Morgan fingerprint density at radius 2 is 1.75 bits per heavy atom. The Morgan fingerprint density at radius 1 is 1.00 bits per heavy atom. The molecule has 0 N–H and O–H groups in total. The second-order valence-electron chi connectivity index (χ2n) is 6.05. The van der Waals surface area contributed by atoms with Gasteiger partial charge in [-0.3, -0.25) is 14.6 Å². The number of pyridine rings is 1. The molecular formula is C19H21N3O2. The molecule has 0 spiro atoms. The number of amides is 2. The average Bonchev–Trinajstić information content (AvgIpc) is 2.62. The van der Waals surface area contributed by atoms with Crippen LogP contribution in [0.4, 0.5) is 0 Å². The Labute approximate surface area is 141 Å². The lowest BCUT2D eigenvalue weighted by molar-refractivity contribution is -0.131. The number of nitrogens with zero attached hydrogens (tertiary/aromatic N) is 3. The van der Waals surface area contributed by atoms with Gasteiger partial charge in [0.1, 0.15) is 5.69 Å². The lowest BCUT2D eigenvalue weighted by Crippen LogP contribution is -2.51. The second-order valence-corrected chi connectivity index (χ2v) is 6.05. The van der Waals surface area contributed by atoms with Crippen LogP contribution in [-0.2, 0) is 11.2 Å². The summed E-state index contributed by atoms with van der Waals surface area (Å²) in [4.78, 5) is 32.5. The van der Waals surface area contributed by atoms with Gasteiger partial charge < -0.3 is 9.80 Å². The molecule has 1 fully saturated rings. The highest BCUT2D eigenvalue weighted by Gasteiger charge is 2.25. The van der Waals surface area contributed by atoms with E-state index in [-0.39, 0.29) is 11.8 Å². The smallest absolute Gasteiger partial charge is 0.272 e. The van der Waals surface area contributed by atoms with Crippen LogP contribution < -0.4 is 0 Å². The zero-order chi connectivity index (χ0) is 16.9. The van der Waals surface area contributed by atoms with Gasteiger partial charge in [-0.15, -0.1) is 0 Å². The standard InChI is InChI=1S/C19H21N3O2/c1-15-5-4-6-16(13-15)14-18(23)21-9-11-22(12-10-21)19(24)17-7-2-3-8-20-17/h2-8,13H,9-12,14H2,1H3. The summed E-state index contributed by atoms with van der Waals surface area (Å²) >= 11 is 0. The lowest BCUT2D eigenvalue weighted by Gasteiger charge is -2.34. The van der Waals surface area contributed by atoms with Gasteiger partial charge in [0.05, 0.1) is 6.42 Å². The van der Waals surface area contributed by atoms with E-state index in [9.17, 15) is 9.59 Å². The third-order valence-corrected chi connectivity index (χ3v) is 4.24. The van der Waals surface area contributed by atoms with Crippen LogP contribution in [0.1, 0.15) is 21.6 Å². The number of rotatable bonds is 3. The van der Waals surface area contributed by atoms with Crippen molar-refractivity contribution in [2.75, 3.05) is 26.2 Å². The molecule has 24 heavy (non-hydrogen) atoms. The van der Waals surface area contributed by atoms with Gasteiger partial charge >= 0.3 is 0 Å². The van der Waals surface area contributed by atoms with Crippen LogP contribution >= 0.6 is 0 Å². The van der Waals surface area contributed by atoms with Gasteiger partial charge in [0, 0.05) is 32.4 Å². The Kier molecular flexibility index (Phi) is 4.89. The topological polar surface area (TPSA) is 53.5 Å². The van der Waals surface area contributed by atoms with Crippen molar-refractivity contribution >= 4 is 11.8 Å². The number of carbonyl (C=O) groups is 2. The summed E-state index contributed by atoms with van der Waals surface area (Å²) in [6.07, 6.45) is 2.03. The van der Waals surface area contributed by atoms with Crippen molar-refractivity contribution in [3.63, 3.8) is 0 Å². The molecule has 3 rings (SSSR count). The molecule has 0 saturated carbocycles. The van der Waals surface area contributed by atoms with Crippen LogP contribution in [0.5, 0.6) is 0 Å². The van der Waals surface area contributed by atoms with Crippen LogP contribution in [0.2, 0.25) is 0 Å². The number of aryl methyl sites for hydroxylation is 1. The molecule has 1 aliphatic rings. The van der Waals surface area contributed by atoms with Gasteiger partial charge in [-0.2, -0.15) is 0 Å². The fourth-order valence-electron chi connectivity index (χ4n) is 2.92. The number of hydrogen-bond acceptors (Lipinski definition) is 3. The Bertz CT molecular complexity index is 722. The third kappa shape index (κ3) is 3.79. The third-order valence-electron chi connectivity index (χ3n) is 4.24. The zero-order valence-electron chi connectivity index (χ0n) is 13.8. The van der Waals surface area contributed by atoms with Crippen LogP contribution in [0, 0.1) is 6.92 Å². The maximum Gasteiger partial charge on any atom is 0.272 e. The van der Waals surface area contributed by atoms with Crippen molar-refractivity contribution < 1.29 is 9.59 Å². The first kappa shape index (κ1) is 16.2. The van der Waals surface area contributed by atoms with Crippen molar-refractivity contribution in [2.24, 2.45) is 0 Å². The Hall–Kier alpha value is -2.69. The van der Waals surface area contributed by atoms with Crippen molar-refractivity contribution in [2.45, 2.75) is 13.3 Å². The molecule has 2 amide bonds. The molecule has 1 aromatic heterocycles. The van der Waals surface area contributed by atoms with E-state index in [1.54, 1.807) is 23.2 Å². The van der Waals surface area contributed by atoms with Gasteiger partial charge in [0.2, 0.25) is 5.91 Å². The molecule has 2 aromatic rings. The van der Waals surface area contributed by atoms with E-state index in [0.717, 1.165) is 11.1 Å². The van der Waals surface area contributed by atoms with E-state index in [1.165, 1.54) is 0 Å². The van der Waals surface area contributed by atoms with E-state index in [4.69, 9.17) is 0 Å². The van der Waals surface area contributed by atoms with Gasteiger partial charge in [0.15, 0.2) is 0 Å². The fourth-order valence-corrected chi connectivity index (χ4v) is 2.92. The molecule has 0 atom stereocenters. The molecule has 5 nitrogen and oxygen atoms in total. The number of carbonyl (C=O) groups excluding carboxylic acids is 2. The lowest BCUT2D eigenvalue weighted by atomic mass is 10.1. The summed E-state index contributed by atoms with van der Waals surface area (Å²) in [5.74, 6) is 0.0481. The molecule has 0 unspecified atom stereocenters. The van der Waals surface area contributed by atoms with E-state index in [0.29, 0.717) is 38.3 Å². The van der Waals surface area contributed by atoms with Crippen LogP contribution in [-0.4, -0.2) is 52.8 Å². The van der Waals surface area contributed by atoms with Gasteiger partial charge in [0.25, 0.3) is 5.91 Å². The Balaban J connectivity index is 1.55. The molecule has 0 aliphatic carbocycles. The minimum absolute atomic E-state index is 0.0682. The molecule has 1 aliphatic heterocycles. The molecule has 0 bridgehead atoms. The first-order chi connectivity index (χ1) is 11.6. The zero-order valence-corrected chi connectivity index (χ0v) is 13.8. The average molecular weight is 323 g/mol. The predicted octanol–water partition coefficient (Wildman–Crippen LogP) is 1.92. The predicted molar refractivity (Wildman–Crippen MR) is 91.6 cm³/mol. The van der Waals surface area contributed by atoms with E-state index >= 15 is 0 Å². The fraction of sp³-hybridized carbons (Fsp3) is 0.316. The quantitative estimate of drug-likeness (QED) is 0.867.